The van der Waals surface area contributed by atoms with Crippen LogP contribution in [-0.2, 0) is 19.6 Å². The van der Waals surface area contributed by atoms with Crippen molar-refractivity contribution in [1.82, 2.24) is 39.2 Å². The average Bonchev–Trinajstić information content (AvgIpc) is 3.97. The van der Waals surface area contributed by atoms with Crippen LogP contribution in [0.4, 0.5) is 11.4 Å². The number of fused-ring (bicyclic) bond motifs is 2. The van der Waals surface area contributed by atoms with Crippen LogP contribution in [0.2, 0.25) is 5.02 Å². The average molecular weight is 980 g/mol. The first-order valence-corrected chi connectivity index (χ1v) is 24.8. The van der Waals surface area contributed by atoms with Crippen molar-refractivity contribution < 1.29 is 32.4 Å². The number of halogens is 1. The summed E-state index contributed by atoms with van der Waals surface area (Å²) in [4.78, 5) is 55.1. The number of sulfonamides is 1. The number of nitrogens with zero attached hydrogens (tertiary/aromatic N) is 8. The monoisotopic (exact) mass is 978 g/mol. The predicted octanol–water partition coefficient (Wildman–Crippen LogP) is 6.54. The van der Waals surface area contributed by atoms with Crippen molar-refractivity contribution >= 4 is 72.5 Å². The van der Waals surface area contributed by atoms with Gasteiger partial charge in [-0.15, -0.1) is 0 Å². The summed E-state index contributed by atoms with van der Waals surface area (Å²) in [5.41, 5.74) is 6.66. The number of rotatable bonds is 14. The zero-order chi connectivity index (χ0) is 48.6. The van der Waals surface area contributed by atoms with Crippen molar-refractivity contribution in [2.24, 2.45) is 5.41 Å². The lowest BCUT2D eigenvalue weighted by Gasteiger charge is -2.39. The van der Waals surface area contributed by atoms with Crippen LogP contribution in [0.1, 0.15) is 49.0 Å². The SMILES string of the molecule is CN(C)CC(=O)N1CCO[C@H](COc2ccc(S(=O)(=O)NC(=O)c3ccc(N4CCN(CC5=C(c6ccc(Cl)cc6)CC(C)(C)CC5)CC4)cc3-n3[nH]cc4nc5nccc5cc43)cc2[N+](=O)[O-])C1. The topological polar surface area (TPSA) is 201 Å². The summed E-state index contributed by atoms with van der Waals surface area (Å²) in [6, 6.07) is 20.3. The molecule has 69 heavy (non-hydrogen) atoms. The fraction of sp³-hybridized carbons (Fsp3) is 0.388. The van der Waals surface area contributed by atoms with E-state index in [1.807, 2.05) is 30.3 Å². The second kappa shape index (κ2) is 19.6. The number of hydrogen-bond donors (Lipinski definition) is 2. The zero-order valence-electron chi connectivity index (χ0n) is 39.0. The minimum Gasteiger partial charge on any atom is -0.484 e. The van der Waals surface area contributed by atoms with Crippen molar-refractivity contribution in [3.8, 4) is 11.4 Å². The first-order valence-electron chi connectivity index (χ1n) is 22.9. The Balaban J connectivity index is 0.946. The Morgan fingerprint density at radius 1 is 1.03 bits per heavy atom. The molecule has 0 unspecified atom stereocenters. The van der Waals surface area contributed by atoms with Gasteiger partial charge in [0, 0.05) is 73.8 Å². The molecule has 20 heteroatoms. The van der Waals surface area contributed by atoms with Gasteiger partial charge in [0.1, 0.15) is 18.2 Å². The van der Waals surface area contributed by atoms with Crippen LogP contribution in [0.5, 0.6) is 5.75 Å². The molecule has 6 aromatic rings. The number of likely N-dealkylation sites (N-methyl/N-ethyl adjacent to an activating group) is 1. The molecule has 0 bridgehead atoms. The number of allylic oxidation sites excluding steroid dienone is 1. The highest BCUT2D eigenvalue weighted by molar-refractivity contribution is 7.90. The standard InChI is InChI=1S/C49H55ClN10O8S/c1-49(2)15-13-34(40(26-49)32-5-7-35(50)8-6-32)28-56-17-19-57(20-18-56)36-9-11-39(42(24-36)59-43-23-33-14-16-51-47(33)53-41(43)27-52-59)48(62)54-69(65,66)38-10-12-45(44(25-38)60(63)64)68-31-37-29-58(21-22-67-37)46(61)30-55(3)4/h5-12,14,16,23-25,27,37,52H,13,15,17-22,26,28-31H2,1-4H3,(H,54,62)/t37-/m0/s1. The second-order valence-electron chi connectivity index (χ2n) is 19.0. The fourth-order valence-electron chi connectivity index (χ4n) is 9.37. The molecule has 2 N–H and O–H groups in total. The smallest absolute Gasteiger partial charge is 0.312 e. The Morgan fingerprint density at radius 2 is 1.81 bits per heavy atom. The van der Waals surface area contributed by atoms with E-state index in [2.05, 4.69) is 55.6 Å². The number of anilines is 1. The van der Waals surface area contributed by atoms with E-state index < -0.39 is 37.5 Å². The van der Waals surface area contributed by atoms with Gasteiger partial charge in [0.2, 0.25) is 5.91 Å². The lowest BCUT2D eigenvalue weighted by atomic mass is 9.72. The molecular formula is C49H55ClN10O8S. The second-order valence-corrected chi connectivity index (χ2v) is 21.1. The number of piperazine rings is 1. The number of carbonyl (C=O) groups is 2. The largest absolute Gasteiger partial charge is 0.484 e. The molecule has 5 heterocycles. The van der Waals surface area contributed by atoms with Gasteiger partial charge in [-0.25, -0.2) is 23.1 Å². The molecule has 1 aliphatic carbocycles. The van der Waals surface area contributed by atoms with Gasteiger partial charge in [-0.2, -0.15) is 0 Å². The molecular weight excluding hydrogens is 924 g/mol. The lowest BCUT2D eigenvalue weighted by molar-refractivity contribution is -0.386. The van der Waals surface area contributed by atoms with E-state index in [1.54, 1.807) is 53.1 Å². The first-order chi connectivity index (χ1) is 33.0. The number of nitrogens with one attached hydrogen (secondary N) is 2. The summed E-state index contributed by atoms with van der Waals surface area (Å²) in [5, 5.41) is 17.0. The summed E-state index contributed by atoms with van der Waals surface area (Å²) in [6.07, 6.45) is 5.95. The van der Waals surface area contributed by atoms with Gasteiger partial charge >= 0.3 is 5.69 Å². The van der Waals surface area contributed by atoms with Gasteiger partial charge in [0.05, 0.1) is 46.3 Å². The van der Waals surface area contributed by atoms with Crippen LogP contribution in [0.25, 0.3) is 33.3 Å². The fourth-order valence-corrected chi connectivity index (χ4v) is 10.5. The molecule has 362 valence electrons. The van der Waals surface area contributed by atoms with Crippen LogP contribution in [0.15, 0.2) is 95.7 Å². The summed E-state index contributed by atoms with van der Waals surface area (Å²) in [6.45, 7) is 9.57. The molecule has 3 aliphatic rings. The van der Waals surface area contributed by atoms with Crippen molar-refractivity contribution in [3.05, 3.63) is 117 Å². The number of nitro benzene ring substituents is 1. The molecule has 18 nitrogen and oxygen atoms in total. The number of morpholine rings is 1. The quantitative estimate of drug-likeness (QED) is 0.0882. The zero-order valence-corrected chi connectivity index (χ0v) is 40.6. The van der Waals surface area contributed by atoms with Crippen LogP contribution in [0.3, 0.4) is 0 Å². The molecule has 3 aromatic heterocycles. The number of hydrogen-bond acceptors (Lipinski definition) is 13. The molecule has 2 saturated heterocycles. The number of amides is 2. The number of nitro groups is 1. The van der Waals surface area contributed by atoms with Gasteiger partial charge in [0.25, 0.3) is 15.9 Å². The Labute approximate surface area is 405 Å². The molecule has 1 atom stereocenters. The number of H-pyrrole nitrogens is 1. The van der Waals surface area contributed by atoms with Crippen LogP contribution >= 0.6 is 11.6 Å². The Bertz CT molecular complexity index is 3070. The van der Waals surface area contributed by atoms with Crippen molar-refractivity contribution in [3.63, 3.8) is 0 Å². The van der Waals surface area contributed by atoms with Gasteiger partial charge < -0.3 is 24.2 Å². The lowest BCUT2D eigenvalue weighted by Crippen LogP contribution is -2.49. The maximum absolute atomic E-state index is 14.3. The minimum atomic E-state index is -4.67. The summed E-state index contributed by atoms with van der Waals surface area (Å²) >= 11 is 6.26. The Hall–Kier alpha value is -6.38. The van der Waals surface area contributed by atoms with Crippen LogP contribution < -0.4 is 14.4 Å². The molecule has 2 fully saturated rings. The summed E-state index contributed by atoms with van der Waals surface area (Å²) in [5.74, 6) is -1.23. The van der Waals surface area contributed by atoms with Gasteiger partial charge in [-0.3, -0.25) is 34.4 Å². The number of aromatic amines is 1. The van der Waals surface area contributed by atoms with E-state index in [-0.39, 0.29) is 48.9 Å². The molecule has 3 aromatic carbocycles. The number of carbonyl (C=O) groups excluding carboxylic acids is 2. The van der Waals surface area contributed by atoms with E-state index in [0.29, 0.717) is 42.0 Å². The van der Waals surface area contributed by atoms with Crippen LogP contribution in [0, 0.1) is 15.5 Å². The highest BCUT2D eigenvalue weighted by Gasteiger charge is 2.32. The van der Waals surface area contributed by atoms with E-state index in [9.17, 15) is 28.1 Å². The number of aromatic nitrogens is 4. The number of benzene rings is 3. The highest BCUT2D eigenvalue weighted by atomic mass is 35.5. The van der Waals surface area contributed by atoms with Crippen molar-refractivity contribution in [1.29, 1.82) is 0 Å². The number of ether oxygens (including phenoxy) is 2. The van der Waals surface area contributed by atoms with Gasteiger partial charge in [-0.1, -0.05) is 43.2 Å². The third-order valence-electron chi connectivity index (χ3n) is 13.1. The summed E-state index contributed by atoms with van der Waals surface area (Å²) < 4.78 is 43.3. The first kappa shape index (κ1) is 47.7. The number of pyridine rings is 1. The molecule has 2 amide bonds. The molecule has 2 aliphatic heterocycles. The minimum absolute atomic E-state index is 0.0253. The maximum atomic E-state index is 14.3. The Morgan fingerprint density at radius 3 is 2.57 bits per heavy atom. The van der Waals surface area contributed by atoms with Gasteiger partial charge in [-0.05, 0) is 105 Å². The molecule has 0 radical (unpaired) electrons. The van der Waals surface area contributed by atoms with E-state index in [1.165, 1.54) is 22.8 Å². The maximum Gasteiger partial charge on any atom is 0.312 e. The van der Waals surface area contributed by atoms with Crippen molar-refractivity contribution in [2.45, 2.75) is 44.1 Å². The predicted molar refractivity (Wildman–Crippen MR) is 263 cm³/mol. The van der Waals surface area contributed by atoms with Crippen LogP contribution in [-0.4, -0.2) is 145 Å². The molecule has 0 saturated carbocycles. The van der Waals surface area contributed by atoms with E-state index >= 15 is 0 Å². The Kier molecular flexibility index (Phi) is 13.5. The molecule has 0 spiro atoms. The third kappa shape index (κ3) is 10.6. The highest BCUT2D eigenvalue weighted by Crippen LogP contribution is 2.43. The third-order valence-corrected chi connectivity index (χ3v) is 14.7. The van der Waals surface area contributed by atoms with E-state index in [0.717, 1.165) is 67.1 Å². The van der Waals surface area contributed by atoms with E-state index in [4.69, 9.17) is 21.1 Å². The van der Waals surface area contributed by atoms with Crippen molar-refractivity contribution in [2.75, 3.05) is 84.6 Å². The molecule has 9 rings (SSSR count). The van der Waals surface area contributed by atoms with Gasteiger partial charge in [0.15, 0.2) is 11.4 Å². The summed E-state index contributed by atoms with van der Waals surface area (Å²) in [7, 11) is -1.08. The normalized spacial score (nSPS) is 18.0.